The van der Waals surface area contributed by atoms with Crippen LogP contribution in [0.15, 0.2) is 18.2 Å². The Morgan fingerprint density at radius 3 is 2.56 bits per heavy atom. The smallest absolute Gasteiger partial charge is 0.270 e. The normalized spacial score (nSPS) is 35.6. The van der Waals surface area contributed by atoms with E-state index in [1.54, 1.807) is 0 Å². The maximum atomic E-state index is 14.0. The zero-order chi connectivity index (χ0) is 18.1. The summed E-state index contributed by atoms with van der Waals surface area (Å²) in [6.07, 6.45) is -5.06. The highest BCUT2D eigenvalue weighted by molar-refractivity contribution is 7.93. The molecule has 1 saturated heterocycles. The third kappa shape index (κ3) is 2.26. The predicted octanol–water partition coefficient (Wildman–Crippen LogP) is 3.09. The Morgan fingerprint density at radius 2 is 1.92 bits per heavy atom. The maximum absolute atomic E-state index is 14.0. The topological polar surface area (TPSA) is 61.2 Å². The van der Waals surface area contributed by atoms with Crippen molar-refractivity contribution in [3.8, 4) is 6.07 Å². The van der Waals surface area contributed by atoms with Crippen LogP contribution in [0.5, 0.6) is 0 Å². The van der Waals surface area contributed by atoms with E-state index in [1.165, 1.54) is 12.1 Å². The number of nitriles is 1. The molecule has 0 spiro atoms. The van der Waals surface area contributed by atoms with E-state index in [-0.39, 0.29) is 24.1 Å². The number of nitrogens with zero attached hydrogens (tertiary/aromatic N) is 2. The Bertz CT molecular complexity index is 877. The Morgan fingerprint density at radius 1 is 1.20 bits per heavy atom. The van der Waals surface area contributed by atoms with Crippen LogP contribution in [-0.4, -0.2) is 26.4 Å². The Labute approximate surface area is 142 Å². The summed E-state index contributed by atoms with van der Waals surface area (Å²) >= 11 is 0. The fourth-order valence-corrected chi connectivity index (χ4v) is 7.30. The van der Waals surface area contributed by atoms with Crippen LogP contribution in [0, 0.1) is 29.1 Å². The van der Waals surface area contributed by atoms with Gasteiger partial charge in [0.15, 0.2) is 0 Å². The summed E-state index contributed by atoms with van der Waals surface area (Å²) in [5.74, 6) is -0.845. The van der Waals surface area contributed by atoms with E-state index in [9.17, 15) is 26.0 Å². The van der Waals surface area contributed by atoms with Crippen molar-refractivity contribution < 1.29 is 26.0 Å². The number of rotatable bonds is 1. The molecule has 0 radical (unpaired) electrons. The molecule has 2 saturated carbocycles. The maximum Gasteiger partial charge on any atom is 0.417 e. The van der Waals surface area contributed by atoms with E-state index in [4.69, 9.17) is 5.26 Å². The molecule has 1 aromatic carbocycles. The Kier molecular flexibility index (Phi) is 3.39. The molecule has 5 atom stereocenters. The zero-order valence-electron chi connectivity index (χ0n) is 12.9. The van der Waals surface area contributed by atoms with Crippen molar-refractivity contribution in [3.63, 3.8) is 0 Å². The van der Waals surface area contributed by atoms with E-state index in [2.05, 4.69) is 0 Å². The second-order valence-electron chi connectivity index (χ2n) is 6.96. The van der Waals surface area contributed by atoms with Crippen molar-refractivity contribution in [3.05, 3.63) is 29.3 Å². The molecule has 4 nitrogen and oxygen atoms in total. The first kappa shape index (κ1) is 16.6. The molecule has 4 rings (SSSR count). The molecule has 1 aliphatic heterocycles. The molecule has 3 aliphatic rings. The summed E-state index contributed by atoms with van der Waals surface area (Å²) in [4.78, 5) is 0. The van der Waals surface area contributed by atoms with Crippen molar-refractivity contribution in [2.45, 2.75) is 30.4 Å². The van der Waals surface area contributed by atoms with E-state index in [0.717, 1.165) is 10.4 Å². The number of fused-ring (bicyclic) bond motifs is 5. The average molecular weight is 374 g/mol. The minimum absolute atomic E-state index is 0.0368. The van der Waals surface area contributed by atoms with Crippen molar-refractivity contribution in [1.82, 2.24) is 0 Å². The third-order valence-electron chi connectivity index (χ3n) is 5.76. The van der Waals surface area contributed by atoms with Crippen LogP contribution < -0.4 is 4.31 Å². The van der Waals surface area contributed by atoms with Crippen molar-refractivity contribution in [2.24, 2.45) is 17.8 Å². The number of sulfonamides is 1. The molecule has 9 heteroatoms. The van der Waals surface area contributed by atoms with Gasteiger partial charge in [-0.3, -0.25) is 4.31 Å². The van der Waals surface area contributed by atoms with E-state index in [0.29, 0.717) is 18.9 Å². The van der Waals surface area contributed by atoms with E-state index < -0.39 is 44.7 Å². The molecule has 2 bridgehead atoms. The summed E-state index contributed by atoms with van der Waals surface area (Å²) in [6.45, 7) is 0.0735. The summed E-state index contributed by atoms with van der Waals surface area (Å²) in [6, 6.07) is 4.36. The molecule has 0 N–H and O–H groups in total. The zero-order valence-corrected chi connectivity index (χ0v) is 13.7. The Balaban J connectivity index is 1.76. The van der Waals surface area contributed by atoms with Crippen LogP contribution in [0.4, 0.5) is 23.2 Å². The molecule has 134 valence electrons. The molecule has 1 heterocycles. The number of halogens is 4. The molecular weight excluding hydrogens is 360 g/mol. The molecule has 0 amide bonds. The van der Waals surface area contributed by atoms with Gasteiger partial charge in [-0.25, -0.2) is 12.8 Å². The molecule has 2 aliphatic carbocycles. The lowest BCUT2D eigenvalue weighted by atomic mass is 9.87. The first-order chi connectivity index (χ1) is 11.6. The van der Waals surface area contributed by atoms with Crippen LogP contribution in [0.3, 0.4) is 0 Å². The number of anilines is 1. The summed E-state index contributed by atoms with van der Waals surface area (Å²) in [7, 11) is -3.92. The van der Waals surface area contributed by atoms with Crippen LogP contribution in [0.25, 0.3) is 0 Å². The fraction of sp³-hybridized carbons (Fsp3) is 0.562. The van der Waals surface area contributed by atoms with Gasteiger partial charge in [0, 0.05) is 12.5 Å². The SMILES string of the molecule is N#Cc1ccc(N2C[C@H]3[C@@H]4C[C@@H]([C@H]3S2(=O)=O)[C@@H](F)C4)cc1C(F)(F)F. The van der Waals surface area contributed by atoms with Gasteiger partial charge in [-0.15, -0.1) is 0 Å². The predicted molar refractivity (Wildman–Crippen MR) is 80.8 cm³/mol. The lowest BCUT2D eigenvalue weighted by Gasteiger charge is -2.24. The first-order valence-electron chi connectivity index (χ1n) is 7.91. The fourth-order valence-electron chi connectivity index (χ4n) is 4.74. The highest BCUT2D eigenvalue weighted by atomic mass is 32.2. The van der Waals surface area contributed by atoms with Gasteiger partial charge in [-0.2, -0.15) is 18.4 Å². The van der Waals surface area contributed by atoms with Crippen LogP contribution in [0.1, 0.15) is 24.0 Å². The second kappa shape index (κ2) is 5.10. The summed E-state index contributed by atoms with van der Waals surface area (Å²) in [5, 5.41) is 8.00. The van der Waals surface area contributed by atoms with Gasteiger partial charge in [-0.05, 0) is 42.9 Å². The molecule has 25 heavy (non-hydrogen) atoms. The number of benzene rings is 1. The van der Waals surface area contributed by atoms with Gasteiger partial charge in [0.1, 0.15) is 6.17 Å². The summed E-state index contributed by atoms with van der Waals surface area (Å²) < 4.78 is 80.1. The number of hydrogen-bond donors (Lipinski definition) is 0. The van der Waals surface area contributed by atoms with E-state index >= 15 is 0 Å². The van der Waals surface area contributed by atoms with Crippen LogP contribution in [-0.2, 0) is 16.2 Å². The molecule has 0 unspecified atom stereocenters. The minimum Gasteiger partial charge on any atom is -0.270 e. The standard InChI is InChI=1S/C16H14F4N2O2S/c17-14-4-9-3-11(14)15-12(9)7-22(25(15,23)24)10-2-1-8(6-21)13(5-10)16(18,19)20/h1-2,5,9,11-12,14-15H,3-4,7H2/t9-,11-,12+,14+,15-/m1/s1. The molecule has 3 fully saturated rings. The highest BCUT2D eigenvalue weighted by Crippen LogP contribution is 2.56. The number of alkyl halides is 4. The highest BCUT2D eigenvalue weighted by Gasteiger charge is 2.63. The molecule has 0 aromatic heterocycles. The lowest BCUT2D eigenvalue weighted by Crippen LogP contribution is -2.37. The van der Waals surface area contributed by atoms with E-state index in [1.807, 2.05) is 0 Å². The van der Waals surface area contributed by atoms with Gasteiger partial charge in [0.05, 0.1) is 28.1 Å². The van der Waals surface area contributed by atoms with Crippen molar-refractivity contribution in [1.29, 1.82) is 5.26 Å². The minimum atomic E-state index is -4.76. The van der Waals surface area contributed by atoms with Gasteiger partial charge >= 0.3 is 6.18 Å². The number of hydrogen-bond acceptors (Lipinski definition) is 3. The summed E-state index contributed by atoms with van der Waals surface area (Å²) in [5.41, 5.74) is -1.83. The van der Waals surface area contributed by atoms with Crippen LogP contribution in [0.2, 0.25) is 0 Å². The van der Waals surface area contributed by atoms with Crippen LogP contribution >= 0.6 is 0 Å². The first-order valence-corrected chi connectivity index (χ1v) is 9.42. The Hall–Kier alpha value is -1.82. The lowest BCUT2D eigenvalue weighted by molar-refractivity contribution is -0.137. The van der Waals surface area contributed by atoms with Gasteiger partial charge in [0.2, 0.25) is 10.0 Å². The quantitative estimate of drug-likeness (QED) is 0.710. The third-order valence-corrected chi connectivity index (χ3v) is 8.12. The van der Waals surface area contributed by atoms with Crippen molar-refractivity contribution in [2.75, 3.05) is 10.8 Å². The van der Waals surface area contributed by atoms with Gasteiger partial charge < -0.3 is 0 Å². The van der Waals surface area contributed by atoms with Gasteiger partial charge in [-0.1, -0.05) is 0 Å². The second-order valence-corrected chi connectivity index (χ2v) is 8.97. The largest absolute Gasteiger partial charge is 0.417 e. The van der Waals surface area contributed by atoms with Crippen molar-refractivity contribution >= 4 is 15.7 Å². The average Bonchev–Trinajstić information content (AvgIpc) is 3.15. The monoisotopic (exact) mass is 374 g/mol. The molecular formula is C16H14F4N2O2S. The van der Waals surface area contributed by atoms with Gasteiger partial charge in [0.25, 0.3) is 0 Å². The molecule has 1 aromatic rings.